The van der Waals surface area contributed by atoms with Crippen molar-refractivity contribution in [3.05, 3.63) is 127 Å². The Kier molecular flexibility index (Phi) is 5.42. The predicted molar refractivity (Wildman–Crippen MR) is 127 cm³/mol. The highest BCUT2D eigenvalue weighted by Gasteiger charge is 2.38. The van der Waals surface area contributed by atoms with E-state index in [-0.39, 0.29) is 41.2 Å². The molecule has 1 heterocycles. The highest BCUT2D eigenvalue weighted by Crippen LogP contribution is 2.47. The molecule has 0 amide bonds. The number of rotatable bonds is 5. The van der Waals surface area contributed by atoms with Gasteiger partial charge in [0.25, 0.3) is 0 Å². The molecular formula is C26H19BrN2O4. The van der Waals surface area contributed by atoms with Gasteiger partial charge >= 0.3 is 5.69 Å². The third-order valence-electron chi connectivity index (χ3n) is 6.25. The molecule has 1 aliphatic rings. The lowest BCUT2D eigenvalue weighted by Gasteiger charge is -2.33. The summed E-state index contributed by atoms with van der Waals surface area (Å²) < 4.78 is 6.36. The number of halogens is 1. The topological polar surface area (TPSA) is 86.2 Å². The summed E-state index contributed by atoms with van der Waals surface area (Å²) in [6.45, 7) is 1.57. The summed E-state index contributed by atoms with van der Waals surface area (Å²) in [5.74, 6) is -0.209. The van der Waals surface area contributed by atoms with Crippen LogP contribution in [0, 0.1) is 17.0 Å². The first-order chi connectivity index (χ1) is 16.0. The summed E-state index contributed by atoms with van der Waals surface area (Å²) in [5, 5.41) is 15.6. The van der Waals surface area contributed by atoms with Crippen molar-refractivity contribution in [3.8, 4) is 0 Å². The van der Waals surface area contributed by atoms with Crippen molar-refractivity contribution in [2.24, 2.45) is 0 Å². The van der Waals surface area contributed by atoms with Gasteiger partial charge in [-0.1, -0.05) is 81.8 Å². The predicted octanol–water partition coefficient (Wildman–Crippen LogP) is 6.36. The maximum Gasteiger partial charge on any atom is 0.334 e. The van der Waals surface area contributed by atoms with Crippen LogP contribution in [0.1, 0.15) is 55.9 Å². The van der Waals surface area contributed by atoms with Crippen LogP contribution in [0.3, 0.4) is 0 Å². The van der Waals surface area contributed by atoms with Crippen LogP contribution in [0.5, 0.6) is 0 Å². The quantitative estimate of drug-likeness (QED) is 0.234. The molecule has 0 saturated carbocycles. The molecule has 1 aliphatic carbocycles. The van der Waals surface area contributed by atoms with Gasteiger partial charge in [-0.25, -0.2) is 0 Å². The molecule has 0 fully saturated rings. The second kappa shape index (κ2) is 8.41. The molecule has 33 heavy (non-hydrogen) atoms. The number of ketones is 1. The fourth-order valence-electron chi connectivity index (χ4n) is 4.84. The standard InChI is InChI=1S/C26H19BrN2O4/c1-15-25(29(31)32)23(33-28-15)14-22(16-7-6-8-17(27)13-16)24-18-9-2-4-11-20(18)26(30)21-12-5-3-10-19(21)24/h2-13,22,24H,14H2,1H3. The van der Waals surface area contributed by atoms with Gasteiger partial charge in [0.2, 0.25) is 5.76 Å². The molecule has 1 atom stereocenters. The maximum absolute atomic E-state index is 13.2. The molecule has 4 aromatic rings. The van der Waals surface area contributed by atoms with E-state index in [1.54, 1.807) is 6.92 Å². The summed E-state index contributed by atoms with van der Waals surface area (Å²) in [6.07, 6.45) is 0.259. The van der Waals surface area contributed by atoms with E-state index in [1.165, 1.54) is 0 Å². The van der Waals surface area contributed by atoms with Gasteiger partial charge in [-0.15, -0.1) is 0 Å². The van der Waals surface area contributed by atoms with Crippen LogP contribution in [-0.2, 0) is 6.42 Å². The van der Waals surface area contributed by atoms with Crippen LogP contribution in [0.25, 0.3) is 0 Å². The number of carbonyl (C=O) groups excluding carboxylic acids is 1. The van der Waals surface area contributed by atoms with Gasteiger partial charge in [0.05, 0.1) is 4.92 Å². The zero-order valence-electron chi connectivity index (χ0n) is 17.7. The fraction of sp³-hybridized carbons (Fsp3) is 0.154. The average molecular weight is 503 g/mol. The summed E-state index contributed by atoms with van der Waals surface area (Å²) >= 11 is 3.56. The van der Waals surface area contributed by atoms with E-state index in [0.717, 1.165) is 21.2 Å². The van der Waals surface area contributed by atoms with Crippen LogP contribution < -0.4 is 0 Å². The van der Waals surface area contributed by atoms with Gasteiger partial charge in [-0.3, -0.25) is 14.9 Å². The number of nitro groups is 1. The van der Waals surface area contributed by atoms with Crippen molar-refractivity contribution in [2.75, 3.05) is 0 Å². The normalized spacial score (nSPS) is 13.9. The molecule has 0 bridgehead atoms. The Labute approximate surface area is 198 Å². The van der Waals surface area contributed by atoms with E-state index < -0.39 is 4.92 Å². The number of hydrogen-bond acceptors (Lipinski definition) is 5. The van der Waals surface area contributed by atoms with Gasteiger partial charge < -0.3 is 4.52 Å². The van der Waals surface area contributed by atoms with E-state index in [0.29, 0.717) is 11.1 Å². The van der Waals surface area contributed by atoms with E-state index >= 15 is 0 Å². The van der Waals surface area contributed by atoms with Crippen LogP contribution in [0.15, 0.2) is 81.8 Å². The van der Waals surface area contributed by atoms with E-state index in [1.807, 2.05) is 72.8 Å². The molecule has 0 aliphatic heterocycles. The highest BCUT2D eigenvalue weighted by molar-refractivity contribution is 9.10. The third-order valence-corrected chi connectivity index (χ3v) is 6.74. The molecule has 0 N–H and O–H groups in total. The van der Waals surface area contributed by atoms with Gasteiger partial charge in [0.15, 0.2) is 11.5 Å². The summed E-state index contributed by atoms with van der Waals surface area (Å²) in [4.78, 5) is 24.6. The van der Waals surface area contributed by atoms with Gasteiger partial charge in [-0.05, 0) is 35.7 Å². The molecule has 6 nitrogen and oxygen atoms in total. The zero-order chi connectivity index (χ0) is 23.1. The smallest absolute Gasteiger partial charge is 0.334 e. The Morgan fingerprint density at radius 1 is 1.03 bits per heavy atom. The number of benzene rings is 3. The summed E-state index contributed by atoms with van der Waals surface area (Å²) in [6, 6.07) is 23.1. The molecule has 0 saturated heterocycles. The Bertz CT molecular complexity index is 1350. The SMILES string of the molecule is Cc1noc(CC(c2cccc(Br)c2)C2c3ccccc3C(=O)c3ccccc32)c1[N+](=O)[O-]. The first-order valence-electron chi connectivity index (χ1n) is 10.5. The van der Waals surface area contributed by atoms with Crippen LogP contribution in [0.4, 0.5) is 5.69 Å². The molecule has 7 heteroatoms. The van der Waals surface area contributed by atoms with Crippen LogP contribution in [0.2, 0.25) is 0 Å². The van der Waals surface area contributed by atoms with E-state index in [4.69, 9.17) is 4.52 Å². The zero-order valence-corrected chi connectivity index (χ0v) is 19.3. The minimum atomic E-state index is -0.439. The van der Waals surface area contributed by atoms with Crippen LogP contribution in [-0.4, -0.2) is 15.9 Å². The molecule has 0 spiro atoms. The first kappa shape index (κ1) is 21.3. The summed E-state index contributed by atoms with van der Waals surface area (Å²) in [7, 11) is 0. The molecule has 3 aromatic carbocycles. The summed E-state index contributed by atoms with van der Waals surface area (Å²) in [5.41, 5.74) is 4.27. The fourth-order valence-corrected chi connectivity index (χ4v) is 5.26. The Balaban J connectivity index is 1.74. The first-order valence-corrected chi connectivity index (χ1v) is 11.3. The molecule has 5 rings (SSSR count). The lowest BCUT2D eigenvalue weighted by molar-refractivity contribution is -0.386. The average Bonchev–Trinajstić information content (AvgIpc) is 3.19. The van der Waals surface area contributed by atoms with Crippen molar-refractivity contribution in [3.63, 3.8) is 0 Å². The van der Waals surface area contributed by atoms with Crippen molar-refractivity contribution < 1.29 is 14.2 Å². The Morgan fingerprint density at radius 2 is 1.67 bits per heavy atom. The lowest BCUT2D eigenvalue weighted by Crippen LogP contribution is -2.25. The van der Waals surface area contributed by atoms with E-state index in [9.17, 15) is 14.9 Å². The Hall–Kier alpha value is -3.58. The number of hydrogen-bond donors (Lipinski definition) is 0. The third kappa shape index (κ3) is 3.68. The number of nitrogens with zero attached hydrogens (tertiary/aromatic N) is 2. The minimum absolute atomic E-state index is 0.00747. The van der Waals surface area contributed by atoms with Crippen LogP contribution >= 0.6 is 15.9 Å². The van der Waals surface area contributed by atoms with Crippen molar-refractivity contribution in [1.82, 2.24) is 5.16 Å². The number of aromatic nitrogens is 1. The second-order valence-corrected chi connectivity index (χ2v) is 9.06. The Morgan fingerprint density at radius 3 is 2.27 bits per heavy atom. The second-order valence-electron chi connectivity index (χ2n) is 8.14. The van der Waals surface area contributed by atoms with Crippen molar-refractivity contribution >= 4 is 27.4 Å². The monoisotopic (exact) mass is 502 g/mol. The van der Waals surface area contributed by atoms with Gasteiger partial charge in [-0.2, -0.15) is 0 Å². The minimum Gasteiger partial charge on any atom is -0.354 e. The molecule has 164 valence electrons. The van der Waals surface area contributed by atoms with Gasteiger partial charge in [0.1, 0.15) is 0 Å². The van der Waals surface area contributed by atoms with Crippen molar-refractivity contribution in [1.29, 1.82) is 0 Å². The number of aryl methyl sites for hydroxylation is 1. The number of fused-ring (bicyclic) bond motifs is 2. The van der Waals surface area contributed by atoms with Gasteiger partial charge in [0, 0.05) is 33.9 Å². The number of carbonyl (C=O) groups is 1. The molecule has 1 unspecified atom stereocenters. The molecular weight excluding hydrogens is 484 g/mol. The van der Waals surface area contributed by atoms with Crippen molar-refractivity contribution in [2.45, 2.75) is 25.2 Å². The maximum atomic E-state index is 13.2. The lowest BCUT2D eigenvalue weighted by atomic mass is 9.68. The highest BCUT2D eigenvalue weighted by atomic mass is 79.9. The molecule has 0 radical (unpaired) electrons. The largest absolute Gasteiger partial charge is 0.354 e. The van der Waals surface area contributed by atoms with E-state index in [2.05, 4.69) is 21.1 Å². The molecule has 1 aromatic heterocycles.